The van der Waals surface area contributed by atoms with E-state index in [-0.39, 0.29) is 16.5 Å². The second-order valence-corrected chi connectivity index (χ2v) is 2.24. The first-order valence-corrected chi connectivity index (χ1v) is 3.14. The zero-order chi connectivity index (χ0) is 8.43. The number of nitrogen functional groups attached to an aromatic ring is 1. The molecule has 3 N–H and O–H groups in total. The second kappa shape index (κ2) is 2.75. The maximum absolute atomic E-state index is 10.3. The van der Waals surface area contributed by atoms with Crippen molar-refractivity contribution in [2.24, 2.45) is 0 Å². The van der Waals surface area contributed by atoms with Crippen molar-refractivity contribution >= 4 is 23.3 Å². The highest BCUT2D eigenvalue weighted by Gasteiger charge is 2.05. The van der Waals surface area contributed by atoms with Gasteiger partial charge in [0.1, 0.15) is 5.69 Å². The van der Waals surface area contributed by atoms with Crippen LogP contribution in [-0.4, -0.2) is 16.1 Å². The van der Waals surface area contributed by atoms with E-state index in [0.717, 1.165) is 0 Å². The van der Waals surface area contributed by atoms with Crippen LogP contribution in [0.15, 0.2) is 12.1 Å². The fourth-order valence-corrected chi connectivity index (χ4v) is 0.718. The number of carbonyl (C=O) groups is 1. The van der Waals surface area contributed by atoms with Gasteiger partial charge in [-0.15, -0.1) is 0 Å². The lowest BCUT2D eigenvalue weighted by molar-refractivity contribution is 0.0690. The molecule has 0 radical (unpaired) electrons. The molecular weight excluding hydrogens is 168 g/mol. The summed E-state index contributed by atoms with van der Waals surface area (Å²) in [5, 5.41) is 8.46. The number of anilines is 1. The van der Waals surface area contributed by atoms with Crippen LogP contribution in [0.25, 0.3) is 0 Å². The van der Waals surface area contributed by atoms with Gasteiger partial charge < -0.3 is 10.8 Å². The number of hydrogen-bond acceptors (Lipinski definition) is 3. The van der Waals surface area contributed by atoms with Gasteiger partial charge in [-0.25, -0.2) is 9.78 Å². The zero-order valence-electron chi connectivity index (χ0n) is 5.41. The van der Waals surface area contributed by atoms with Crippen molar-refractivity contribution in [3.63, 3.8) is 0 Å². The van der Waals surface area contributed by atoms with Crippen molar-refractivity contribution < 1.29 is 9.90 Å². The quantitative estimate of drug-likeness (QED) is 0.620. The Morgan fingerprint density at radius 1 is 1.64 bits per heavy atom. The minimum Gasteiger partial charge on any atom is -0.477 e. The highest BCUT2D eigenvalue weighted by molar-refractivity contribution is 6.31. The van der Waals surface area contributed by atoms with E-state index < -0.39 is 5.97 Å². The Labute approximate surface area is 67.6 Å². The Morgan fingerprint density at radius 3 is 2.73 bits per heavy atom. The van der Waals surface area contributed by atoms with E-state index in [1.54, 1.807) is 0 Å². The highest BCUT2D eigenvalue weighted by Crippen LogP contribution is 2.14. The Balaban J connectivity index is 3.15. The summed E-state index contributed by atoms with van der Waals surface area (Å²) < 4.78 is 0. The van der Waals surface area contributed by atoms with Crippen LogP contribution in [0.3, 0.4) is 0 Å². The molecule has 0 aliphatic carbocycles. The molecule has 0 amide bonds. The number of nitrogens with two attached hydrogens (primary N) is 1. The number of rotatable bonds is 1. The number of nitrogens with zero attached hydrogens (tertiary/aromatic N) is 1. The number of aromatic nitrogens is 1. The summed E-state index contributed by atoms with van der Waals surface area (Å²) in [7, 11) is 0. The van der Waals surface area contributed by atoms with Crippen molar-refractivity contribution in [1.29, 1.82) is 0 Å². The van der Waals surface area contributed by atoms with Gasteiger partial charge in [0.05, 0.1) is 5.69 Å². The predicted molar refractivity (Wildman–Crippen MR) is 40.6 cm³/mol. The summed E-state index contributed by atoms with van der Waals surface area (Å²) in [4.78, 5) is 13.8. The van der Waals surface area contributed by atoms with Gasteiger partial charge in [-0.05, 0) is 12.1 Å². The maximum Gasteiger partial charge on any atom is 0.354 e. The van der Waals surface area contributed by atoms with Crippen LogP contribution in [0.1, 0.15) is 10.5 Å². The van der Waals surface area contributed by atoms with Crippen LogP contribution in [-0.2, 0) is 0 Å². The predicted octanol–water partition coefficient (Wildman–Crippen LogP) is 1.02. The van der Waals surface area contributed by atoms with Crippen LogP contribution in [0.2, 0.25) is 5.15 Å². The van der Waals surface area contributed by atoms with E-state index in [2.05, 4.69) is 4.98 Å². The molecule has 0 fully saturated rings. The fourth-order valence-electron chi connectivity index (χ4n) is 0.564. The molecule has 0 saturated heterocycles. The molecule has 0 unspecified atom stereocenters. The third kappa shape index (κ3) is 1.59. The van der Waals surface area contributed by atoms with Crippen molar-refractivity contribution in [2.45, 2.75) is 0 Å². The monoisotopic (exact) mass is 172 g/mol. The number of halogens is 1. The summed E-state index contributed by atoms with van der Waals surface area (Å²) in [5.74, 6) is -1.12. The van der Waals surface area contributed by atoms with Crippen LogP contribution < -0.4 is 5.73 Å². The lowest BCUT2D eigenvalue weighted by Gasteiger charge is -1.96. The largest absolute Gasteiger partial charge is 0.477 e. The van der Waals surface area contributed by atoms with E-state index in [9.17, 15) is 4.79 Å². The molecule has 0 spiro atoms. The fraction of sp³-hybridized carbons (Fsp3) is 0. The number of carboxylic acid groups (broad SMARTS) is 1. The van der Waals surface area contributed by atoms with Gasteiger partial charge in [0.25, 0.3) is 0 Å². The van der Waals surface area contributed by atoms with Crippen molar-refractivity contribution in [3.05, 3.63) is 23.0 Å². The summed E-state index contributed by atoms with van der Waals surface area (Å²) in [5.41, 5.74) is 5.47. The van der Waals surface area contributed by atoms with Gasteiger partial charge in [0.2, 0.25) is 0 Å². The topological polar surface area (TPSA) is 76.2 Å². The minimum absolute atomic E-state index is 0.0184. The van der Waals surface area contributed by atoms with Crippen molar-refractivity contribution in [3.8, 4) is 0 Å². The van der Waals surface area contributed by atoms with E-state index in [1.165, 1.54) is 12.1 Å². The van der Waals surface area contributed by atoms with E-state index in [0.29, 0.717) is 0 Å². The lowest BCUT2D eigenvalue weighted by atomic mass is 10.3. The average Bonchev–Trinajstić information content (AvgIpc) is 1.94. The number of hydrogen-bond donors (Lipinski definition) is 2. The molecule has 58 valence electrons. The van der Waals surface area contributed by atoms with Gasteiger partial charge in [-0.1, -0.05) is 11.6 Å². The van der Waals surface area contributed by atoms with Gasteiger partial charge in [-0.3, -0.25) is 0 Å². The Bertz CT molecular complexity index is 301. The van der Waals surface area contributed by atoms with E-state index >= 15 is 0 Å². The van der Waals surface area contributed by atoms with Crippen LogP contribution >= 0.6 is 11.6 Å². The van der Waals surface area contributed by atoms with Gasteiger partial charge in [0.15, 0.2) is 5.15 Å². The summed E-state index contributed by atoms with van der Waals surface area (Å²) in [6.07, 6.45) is 0. The normalized spacial score (nSPS) is 9.55. The van der Waals surface area contributed by atoms with Crippen LogP contribution in [0.4, 0.5) is 5.69 Å². The molecule has 1 aromatic heterocycles. The van der Waals surface area contributed by atoms with Crippen LogP contribution in [0.5, 0.6) is 0 Å². The molecule has 0 saturated carbocycles. The highest BCUT2D eigenvalue weighted by atomic mass is 35.5. The first-order valence-electron chi connectivity index (χ1n) is 2.76. The van der Waals surface area contributed by atoms with E-state index in [1.807, 2.05) is 0 Å². The minimum atomic E-state index is -1.12. The summed E-state index contributed by atoms with van der Waals surface area (Å²) in [6, 6.07) is 2.70. The SMILES string of the molecule is Nc1ccc(C(=O)O)nc1Cl. The molecule has 1 heterocycles. The summed E-state index contributed by atoms with van der Waals surface area (Å²) >= 11 is 5.46. The van der Waals surface area contributed by atoms with Gasteiger partial charge in [0, 0.05) is 0 Å². The Hall–Kier alpha value is -1.29. The second-order valence-electron chi connectivity index (χ2n) is 1.88. The Kier molecular flexibility index (Phi) is 1.96. The molecule has 0 aliphatic rings. The van der Waals surface area contributed by atoms with Gasteiger partial charge >= 0.3 is 5.97 Å². The smallest absolute Gasteiger partial charge is 0.354 e. The molecule has 0 atom stereocenters. The number of pyridine rings is 1. The van der Waals surface area contributed by atoms with Crippen LogP contribution in [0, 0.1) is 0 Å². The number of carboxylic acids is 1. The Morgan fingerprint density at radius 2 is 2.27 bits per heavy atom. The first-order chi connectivity index (χ1) is 5.11. The molecule has 0 bridgehead atoms. The van der Waals surface area contributed by atoms with Gasteiger partial charge in [-0.2, -0.15) is 0 Å². The molecule has 0 aliphatic heterocycles. The molecule has 5 heteroatoms. The average molecular weight is 173 g/mol. The molecule has 11 heavy (non-hydrogen) atoms. The molecule has 1 rings (SSSR count). The standard InChI is InChI=1S/C6H5ClN2O2/c7-5-3(8)1-2-4(9-5)6(10)11/h1-2H,8H2,(H,10,11). The molecule has 1 aromatic rings. The molecule has 4 nitrogen and oxygen atoms in total. The summed E-state index contributed by atoms with van der Waals surface area (Å²) in [6.45, 7) is 0. The zero-order valence-corrected chi connectivity index (χ0v) is 6.17. The number of aromatic carboxylic acids is 1. The van der Waals surface area contributed by atoms with Crippen molar-refractivity contribution in [1.82, 2.24) is 4.98 Å². The third-order valence-corrected chi connectivity index (χ3v) is 1.40. The molecular formula is C6H5ClN2O2. The lowest BCUT2D eigenvalue weighted by Crippen LogP contribution is -2.01. The van der Waals surface area contributed by atoms with Crippen molar-refractivity contribution in [2.75, 3.05) is 5.73 Å². The van der Waals surface area contributed by atoms with E-state index in [4.69, 9.17) is 22.4 Å². The molecule has 0 aromatic carbocycles. The third-order valence-electron chi connectivity index (χ3n) is 1.10. The first kappa shape index (κ1) is 7.81. The maximum atomic E-state index is 10.3.